The van der Waals surface area contributed by atoms with Gasteiger partial charge in [0, 0.05) is 0 Å². The summed E-state index contributed by atoms with van der Waals surface area (Å²) in [5.74, 6) is -0.848. The van der Waals surface area contributed by atoms with Gasteiger partial charge in [-0.1, -0.05) is 13.3 Å². The van der Waals surface area contributed by atoms with Crippen LogP contribution < -0.4 is 0 Å². The van der Waals surface area contributed by atoms with E-state index >= 15 is 0 Å². The van der Waals surface area contributed by atoms with Crippen molar-refractivity contribution in [3.05, 3.63) is 0 Å². The molecule has 0 aromatic carbocycles. The van der Waals surface area contributed by atoms with Gasteiger partial charge in [-0.3, -0.25) is 9.36 Å². The molecule has 0 aliphatic carbocycles. The van der Waals surface area contributed by atoms with Crippen LogP contribution in [-0.2, 0) is 14.1 Å². The molecule has 0 aromatic heterocycles. The highest BCUT2D eigenvalue weighted by Crippen LogP contribution is 2.50. The Balaban J connectivity index is 4.31. The third-order valence-electron chi connectivity index (χ3n) is 1.96. The van der Waals surface area contributed by atoms with Crippen molar-refractivity contribution < 1.29 is 23.9 Å². The van der Waals surface area contributed by atoms with Gasteiger partial charge in [0.25, 0.3) is 0 Å². The third kappa shape index (κ3) is 3.40. The molecule has 0 saturated heterocycles. The van der Waals surface area contributed by atoms with Crippen molar-refractivity contribution in [3.63, 3.8) is 0 Å². The molecule has 0 spiro atoms. The summed E-state index contributed by atoms with van der Waals surface area (Å²) in [4.78, 5) is 29.0. The third-order valence-corrected chi connectivity index (χ3v) is 3.60. The number of unbranched alkanes of at least 4 members (excludes halogenated alkanes) is 1. The van der Waals surface area contributed by atoms with Crippen molar-refractivity contribution in [1.29, 1.82) is 0 Å². The Morgan fingerprint density at radius 1 is 1.43 bits per heavy atom. The molecule has 0 rings (SSSR count). The van der Waals surface area contributed by atoms with Crippen molar-refractivity contribution in [2.75, 3.05) is 6.61 Å². The van der Waals surface area contributed by atoms with Crippen molar-refractivity contribution in [1.82, 2.24) is 0 Å². The first kappa shape index (κ1) is 13.6. The molecule has 0 saturated carbocycles. The highest BCUT2D eigenvalue weighted by atomic mass is 31.2. The second kappa shape index (κ2) is 4.91. The predicted molar refractivity (Wildman–Crippen MR) is 52.0 cm³/mol. The highest BCUT2D eigenvalue weighted by molar-refractivity contribution is 7.54. The summed E-state index contributed by atoms with van der Waals surface area (Å²) in [5.41, 5.74) is 0. The van der Waals surface area contributed by atoms with Crippen LogP contribution in [0.4, 0.5) is 0 Å². The maximum absolute atomic E-state index is 11.3. The second-order valence-corrected chi connectivity index (χ2v) is 5.80. The number of esters is 1. The molecule has 0 radical (unpaired) electrons. The molecular weight excluding hydrogens is 207 g/mol. The van der Waals surface area contributed by atoms with E-state index in [9.17, 15) is 9.36 Å². The van der Waals surface area contributed by atoms with Gasteiger partial charge in [0.15, 0.2) is 5.16 Å². The van der Waals surface area contributed by atoms with E-state index in [1.807, 2.05) is 6.92 Å². The fourth-order valence-corrected chi connectivity index (χ4v) is 0.907. The van der Waals surface area contributed by atoms with Gasteiger partial charge in [-0.2, -0.15) is 0 Å². The minimum absolute atomic E-state index is 0.207. The summed E-state index contributed by atoms with van der Waals surface area (Å²) < 4.78 is 15.7. The highest BCUT2D eigenvalue weighted by Gasteiger charge is 2.46. The molecule has 5 nitrogen and oxygen atoms in total. The number of hydrogen-bond donors (Lipinski definition) is 2. The molecule has 2 N–H and O–H groups in total. The van der Waals surface area contributed by atoms with E-state index in [-0.39, 0.29) is 6.61 Å². The molecule has 0 heterocycles. The molecule has 14 heavy (non-hydrogen) atoms. The van der Waals surface area contributed by atoms with E-state index < -0.39 is 18.7 Å². The lowest BCUT2D eigenvalue weighted by atomic mass is 10.2. The zero-order chi connectivity index (χ0) is 11.4. The molecule has 0 bridgehead atoms. The van der Waals surface area contributed by atoms with Crippen LogP contribution in [0.2, 0.25) is 0 Å². The molecule has 0 aliphatic rings. The van der Waals surface area contributed by atoms with E-state index in [1.165, 1.54) is 13.8 Å². The lowest BCUT2D eigenvalue weighted by Gasteiger charge is -2.23. The number of ether oxygens (including phenoxy) is 1. The number of carbonyl (C=O) groups is 1. The summed E-state index contributed by atoms with van der Waals surface area (Å²) in [6, 6.07) is 0. The van der Waals surface area contributed by atoms with Gasteiger partial charge in [-0.15, -0.1) is 0 Å². The van der Waals surface area contributed by atoms with Crippen LogP contribution in [0.1, 0.15) is 33.6 Å². The molecule has 0 fully saturated rings. The Morgan fingerprint density at radius 3 is 2.29 bits per heavy atom. The predicted octanol–water partition coefficient (Wildman–Crippen LogP) is 1.29. The van der Waals surface area contributed by atoms with Crippen molar-refractivity contribution in [2.24, 2.45) is 0 Å². The fraction of sp³-hybridized carbons (Fsp3) is 0.875. The SMILES string of the molecule is CCCCOC(=O)C(C)(C)P(=O)(O)O. The summed E-state index contributed by atoms with van der Waals surface area (Å²) in [7, 11) is -4.45. The first-order valence-corrected chi connectivity index (χ1v) is 6.07. The Hall–Kier alpha value is -0.380. The van der Waals surface area contributed by atoms with Gasteiger partial charge in [-0.25, -0.2) is 0 Å². The monoisotopic (exact) mass is 224 g/mol. The lowest BCUT2D eigenvalue weighted by molar-refractivity contribution is -0.146. The molecule has 0 atom stereocenters. The van der Waals surface area contributed by atoms with Crippen LogP contribution in [0.5, 0.6) is 0 Å². The Bertz CT molecular complexity index is 242. The molecule has 0 amide bonds. The van der Waals surface area contributed by atoms with Gasteiger partial charge >= 0.3 is 13.6 Å². The number of rotatable bonds is 5. The van der Waals surface area contributed by atoms with E-state index in [1.54, 1.807) is 0 Å². The van der Waals surface area contributed by atoms with Gasteiger partial charge in [0.2, 0.25) is 0 Å². The molecule has 0 unspecified atom stereocenters. The number of carbonyl (C=O) groups excluding carboxylic acids is 1. The van der Waals surface area contributed by atoms with E-state index in [4.69, 9.17) is 14.5 Å². The van der Waals surface area contributed by atoms with E-state index in [2.05, 4.69) is 0 Å². The maximum atomic E-state index is 11.3. The van der Waals surface area contributed by atoms with Crippen LogP contribution in [0.15, 0.2) is 0 Å². The Morgan fingerprint density at radius 2 is 1.93 bits per heavy atom. The van der Waals surface area contributed by atoms with Gasteiger partial charge in [-0.05, 0) is 20.3 Å². The quantitative estimate of drug-likeness (QED) is 0.417. The normalized spacial score (nSPS) is 12.6. The Kier molecular flexibility index (Phi) is 4.78. The van der Waals surface area contributed by atoms with Crippen molar-refractivity contribution in [3.8, 4) is 0 Å². The average molecular weight is 224 g/mol. The van der Waals surface area contributed by atoms with Crippen molar-refractivity contribution >= 4 is 13.6 Å². The smallest absolute Gasteiger partial charge is 0.342 e. The Labute approximate surface area is 83.6 Å². The van der Waals surface area contributed by atoms with E-state index in [0.717, 1.165) is 6.42 Å². The van der Waals surface area contributed by atoms with Gasteiger partial charge in [0.05, 0.1) is 6.61 Å². The van der Waals surface area contributed by atoms with Crippen LogP contribution >= 0.6 is 7.60 Å². The lowest BCUT2D eigenvalue weighted by Crippen LogP contribution is -2.33. The van der Waals surface area contributed by atoms with Crippen LogP contribution in [0, 0.1) is 0 Å². The minimum atomic E-state index is -4.45. The van der Waals surface area contributed by atoms with Crippen LogP contribution in [0.3, 0.4) is 0 Å². The second-order valence-electron chi connectivity index (χ2n) is 3.59. The molecule has 84 valence electrons. The summed E-state index contributed by atoms with van der Waals surface area (Å²) >= 11 is 0. The largest absolute Gasteiger partial charge is 0.465 e. The summed E-state index contributed by atoms with van der Waals surface area (Å²) in [6.07, 6.45) is 1.56. The van der Waals surface area contributed by atoms with Crippen molar-refractivity contribution in [2.45, 2.75) is 38.8 Å². The molecule has 6 heteroatoms. The first-order valence-electron chi connectivity index (χ1n) is 4.46. The number of hydrogen-bond acceptors (Lipinski definition) is 3. The van der Waals surface area contributed by atoms with Gasteiger partial charge < -0.3 is 14.5 Å². The molecule has 0 aliphatic heterocycles. The minimum Gasteiger partial charge on any atom is -0.465 e. The molecule has 0 aromatic rings. The average Bonchev–Trinajstić information content (AvgIpc) is 2.02. The first-order chi connectivity index (χ1) is 6.23. The fourth-order valence-electron chi connectivity index (χ4n) is 0.605. The van der Waals surface area contributed by atoms with E-state index in [0.29, 0.717) is 6.42 Å². The zero-order valence-electron chi connectivity index (χ0n) is 8.69. The topological polar surface area (TPSA) is 83.8 Å². The standard InChI is InChI=1S/C8H17O5P/c1-4-5-6-13-7(9)8(2,3)14(10,11)12/h4-6H2,1-3H3,(H2,10,11,12). The molecular formula is C8H17O5P. The van der Waals surface area contributed by atoms with Gasteiger partial charge in [0.1, 0.15) is 0 Å². The summed E-state index contributed by atoms with van der Waals surface area (Å²) in [6.45, 7) is 4.50. The summed E-state index contributed by atoms with van der Waals surface area (Å²) in [5, 5.41) is -1.75. The van der Waals surface area contributed by atoms with Crippen LogP contribution in [-0.4, -0.2) is 27.5 Å². The maximum Gasteiger partial charge on any atom is 0.342 e. The zero-order valence-corrected chi connectivity index (χ0v) is 9.58. The van der Waals surface area contributed by atoms with Crippen LogP contribution in [0.25, 0.3) is 0 Å².